The third kappa shape index (κ3) is 8.96. The van der Waals surface area contributed by atoms with E-state index in [9.17, 15) is 18.0 Å². The first-order chi connectivity index (χ1) is 21.9. The maximum absolute atomic E-state index is 14.6. The Labute approximate surface area is 290 Å². The highest BCUT2D eigenvalue weighted by molar-refractivity contribution is 7.92. The molecule has 242 valence electrons. The van der Waals surface area contributed by atoms with Crippen molar-refractivity contribution in [3.05, 3.63) is 128 Å². The number of amides is 2. The van der Waals surface area contributed by atoms with Crippen molar-refractivity contribution in [1.29, 1.82) is 0 Å². The van der Waals surface area contributed by atoms with Crippen molar-refractivity contribution in [1.82, 2.24) is 10.2 Å². The fourth-order valence-electron chi connectivity index (χ4n) is 4.74. The summed E-state index contributed by atoms with van der Waals surface area (Å²) in [6, 6.07) is 25.0. The lowest BCUT2D eigenvalue weighted by Gasteiger charge is -2.34. The molecule has 0 aliphatic carbocycles. The molecule has 12 heteroatoms. The van der Waals surface area contributed by atoms with Crippen LogP contribution in [0.1, 0.15) is 31.4 Å². The summed E-state index contributed by atoms with van der Waals surface area (Å²) >= 11 is 25.5. The normalized spacial score (nSPS) is 12.7. The molecule has 0 fully saturated rings. The maximum Gasteiger partial charge on any atom is 0.264 e. The number of benzene rings is 4. The molecule has 0 saturated carbocycles. The van der Waals surface area contributed by atoms with Gasteiger partial charge in [0.1, 0.15) is 12.6 Å². The second-order valence-corrected chi connectivity index (χ2v) is 14.3. The highest BCUT2D eigenvalue weighted by Gasteiger charge is 2.36. The second kappa shape index (κ2) is 16.0. The summed E-state index contributed by atoms with van der Waals surface area (Å²) in [5.74, 6) is -1.06. The number of nitrogens with zero attached hydrogens (tertiary/aromatic N) is 2. The van der Waals surface area contributed by atoms with E-state index in [0.717, 1.165) is 9.87 Å². The summed E-state index contributed by atoms with van der Waals surface area (Å²) < 4.78 is 29.2. The van der Waals surface area contributed by atoms with Crippen LogP contribution in [0.2, 0.25) is 20.1 Å². The molecule has 4 rings (SSSR count). The van der Waals surface area contributed by atoms with Crippen LogP contribution in [0.15, 0.2) is 102 Å². The molecule has 0 aromatic heterocycles. The van der Waals surface area contributed by atoms with Gasteiger partial charge in [-0.3, -0.25) is 13.9 Å². The number of hydrogen-bond donors (Lipinski definition) is 1. The number of carbonyl (C=O) groups excluding carboxylic acids is 2. The van der Waals surface area contributed by atoms with E-state index in [1.165, 1.54) is 35.2 Å². The number of nitrogens with one attached hydrogen (secondary N) is 1. The summed E-state index contributed by atoms with van der Waals surface area (Å²) in [7, 11) is -4.34. The van der Waals surface area contributed by atoms with E-state index in [1.54, 1.807) is 36.4 Å². The van der Waals surface area contributed by atoms with Crippen molar-refractivity contribution in [2.75, 3.05) is 10.8 Å². The number of hydrogen-bond acceptors (Lipinski definition) is 4. The maximum atomic E-state index is 14.6. The topological polar surface area (TPSA) is 86.8 Å². The molecular formula is C34H33Cl4N3O4S. The predicted molar refractivity (Wildman–Crippen MR) is 186 cm³/mol. The Morgan fingerprint density at radius 2 is 1.41 bits per heavy atom. The molecule has 0 unspecified atom stereocenters. The van der Waals surface area contributed by atoms with Crippen molar-refractivity contribution in [2.24, 2.45) is 0 Å². The van der Waals surface area contributed by atoms with Crippen LogP contribution in [-0.4, -0.2) is 43.8 Å². The van der Waals surface area contributed by atoms with Crippen molar-refractivity contribution in [3.8, 4) is 0 Å². The summed E-state index contributed by atoms with van der Waals surface area (Å²) in [4.78, 5) is 29.8. The average Bonchev–Trinajstić information content (AvgIpc) is 3.04. The number of halogens is 4. The molecule has 1 N–H and O–H groups in total. The summed E-state index contributed by atoms with van der Waals surface area (Å²) in [5.41, 5.74) is 1.34. The van der Waals surface area contributed by atoms with Gasteiger partial charge in [0, 0.05) is 34.1 Å². The Hall–Kier alpha value is -3.27. The van der Waals surface area contributed by atoms with E-state index >= 15 is 0 Å². The molecule has 0 radical (unpaired) electrons. The van der Waals surface area contributed by atoms with Crippen LogP contribution in [0, 0.1) is 0 Å². The Morgan fingerprint density at radius 3 is 2.04 bits per heavy atom. The summed E-state index contributed by atoms with van der Waals surface area (Å²) in [5, 5.41) is 3.98. The monoisotopic (exact) mass is 719 g/mol. The molecule has 0 spiro atoms. The molecule has 0 aliphatic rings. The molecule has 46 heavy (non-hydrogen) atoms. The fourth-order valence-corrected chi connectivity index (χ4v) is 7.09. The number of sulfonamides is 1. The van der Waals surface area contributed by atoms with Crippen molar-refractivity contribution < 1.29 is 18.0 Å². The number of rotatable bonds is 13. The number of carbonyl (C=O) groups is 2. The SMILES string of the molecule is CC[C@H](C)NC(=O)[C@@H](Cc1ccccc1)N(Cc1ccc(Cl)cc1Cl)C(=O)CN(c1cc(Cl)ccc1Cl)S(=O)(=O)c1ccccc1. The molecular weight excluding hydrogens is 688 g/mol. The van der Waals surface area contributed by atoms with Gasteiger partial charge in [-0.1, -0.05) is 108 Å². The Balaban J connectivity index is 1.85. The zero-order valence-electron chi connectivity index (χ0n) is 25.2. The number of anilines is 1. The quantitative estimate of drug-likeness (QED) is 0.152. The minimum Gasteiger partial charge on any atom is -0.352 e. The molecule has 0 bridgehead atoms. The molecule has 4 aromatic rings. The van der Waals surface area contributed by atoms with Crippen LogP contribution < -0.4 is 9.62 Å². The van der Waals surface area contributed by atoms with Crippen molar-refractivity contribution in [3.63, 3.8) is 0 Å². The van der Waals surface area contributed by atoms with Gasteiger partial charge in [0.05, 0.1) is 15.6 Å². The largest absolute Gasteiger partial charge is 0.352 e. The average molecular weight is 722 g/mol. The minimum atomic E-state index is -4.34. The summed E-state index contributed by atoms with van der Waals surface area (Å²) in [6.45, 7) is 3.01. The third-order valence-electron chi connectivity index (χ3n) is 7.41. The summed E-state index contributed by atoms with van der Waals surface area (Å²) in [6.07, 6.45) is 0.820. The fraction of sp³-hybridized carbons (Fsp3) is 0.235. The van der Waals surface area contributed by atoms with E-state index < -0.39 is 34.4 Å². The van der Waals surface area contributed by atoms with E-state index in [-0.39, 0.29) is 44.7 Å². The lowest BCUT2D eigenvalue weighted by molar-refractivity contribution is -0.140. The highest BCUT2D eigenvalue weighted by atomic mass is 35.5. The van der Waals surface area contributed by atoms with Crippen LogP contribution in [0.5, 0.6) is 0 Å². The lowest BCUT2D eigenvalue weighted by Crippen LogP contribution is -2.54. The van der Waals surface area contributed by atoms with Gasteiger partial charge in [-0.2, -0.15) is 0 Å². The molecule has 0 aliphatic heterocycles. The van der Waals surface area contributed by atoms with E-state index in [1.807, 2.05) is 44.2 Å². The molecule has 7 nitrogen and oxygen atoms in total. The first-order valence-corrected chi connectivity index (χ1v) is 17.5. The molecule has 4 aromatic carbocycles. The Morgan fingerprint density at radius 1 is 0.804 bits per heavy atom. The van der Waals surface area contributed by atoms with Gasteiger partial charge >= 0.3 is 0 Å². The van der Waals surface area contributed by atoms with Crippen LogP contribution in [-0.2, 0) is 32.6 Å². The van der Waals surface area contributed by atoms with Gasteiger partial charge in [-0.25, -0.2) is 8.42 Å². The van der Waals surface area contributed by atoms with Crippen LogP contribution >= 0.6 is 46.4 Å². The van der Waals surface area contributed by atoms with E-state index in [0.29, 0.717) is 17.0 Å². The second-order valence-electron chi connectivity index (χ2n) is 10.7. The van der Waals surface area contributed by atoms with Gasteiger partial charge in [0.15, 0.2) is 0 Å². The van der Waals surface area contributed by atoms with Gasteiger partial charge in [-0.05, 0) is 66.9 Å². The lowest BCUT2D eigenvalue weighted by atomic mass is 10.0. The van der Waals surface area contributed by atoms with Crippen LogP contribution in [0.3, 0.4) is 0 Å². The van der Waals surface area contributed by atoms with Crippen molar-refractivity contribution in [2.45, 2.75) is 50.2 Å². The Bertz CT molecular complexity index is 1780. The zero-order valence-corrected chi connectivity index (χ0v) is 29.0. The molecule has 2 amide bonds. The molecule has 0 heterocycles. The first-order valence-electron chi connectivity index (χ1n) is 14.5. The standard InChI is InChI=1S/C34H33Cl4N3O4S/c1-3-23(2)39-34(43)32(18-24-10-6-4-7-11-24)40(21-25-14-15-26(35)19-30(25)38)33(42)22-41(31-20-27(36)16-17-29(31)37)46(44,45)28-12-8-5-9-13-28/h4-17,19-20,23,32H,3,18,21-22H2,1-2H3,(H,39,43)/t23-,32+/m0/s1. The smallest absolute Gasteiger partial charge is 0.264 e. The van der Waals surface area contributed by atoms with Gasteiger partial charge in [-0.15, -0.1) is 0 Å². The van der Waals surface area contributed by atoms with E-state index in [4.69, 9.17) is 46.4 Å². The van der Waals surface area contributed by atoms with Gasteiger partial charge in [0.2, 0.25) is 11.8 Å². The van der Waals surface area contributed by atoms with Crippen LogP contribution in [0.4, 0.5) is 5.69 Å². The Kier molecular flexibility index (Phi) is 12.4. The first kappa shape index (κ1) is 35.6. The molecule has 0 saturated heterocycles. The zero-order chi connectivity index (χ0) is 33.4. The van der Waals surface area contributed by atoms with Gasteiger partial charge in [0.25, 0.3) is 10.0 Å². The van der Waals surface area contributed by atoms with Crippen LogP contribution in [0.25, 0.3) is 0 Å². The highest BCUT2D eigenvalue weighted by Crippen LogP contribution is 2.33. The predicted octanol–water partition coefficient (Wildman–Crippen LogP) is 8.05. The molecule has 2 atom stereocenters. The van der Waals surface area contributed by atoms with Crippen molar-refractivity contribution >= 4 is 73.9 Å². The van der Waals surface area contributed by atoms with E-state index in [2.05, 4.69) is 5.32 Å². The third-order valence-corrected chi connectivity index (χ3v) is 10.3. The van der Waals surface area contributed by atoms with Gasteiger partial charge < -0.3 is 10.2 Å². The minimum absolute atomic E-state index is 0.0134.